The van der Waals surface area contributed by atoms with Gasteiger partial charge in [-0.2, -0.15) is 8.78 Å². The van der Waals surface area contributed by atoms with Crippen molar-refractivity contribution in [2.75, 3.05) is 112 Å². The van der Waals surface area contributed by atoms with Gasteiger partial charge >= 0.3 is 6.11 Å². The molecule has 7 rings (SSSR count). The van der Waals surface area contributed by atoms with Gasteiger partial charge in [-0.05, 0) is 128 Å². The summed E-state index contributed by atoms with van der Waals surface area (Å²) in [5, 5.41) is 0. The second-order valence-electron chi connectivity index (χ2n) is 20.1. The molecule has 4 fully saturated rings. The van der Waals surface area contributed by atoms with Crippen LogP contribution in [0.5, 0.6) is 34.5 Å². The molecule has 4 aliphatic rings. The zero-order valence-corrected chi connectivity index (χ0v) is 44.4. The number of hydrogen-bond acceptors (Lipinski definition) is 10. The van der Waals surface area contributed by atoms with Crippen molar-refractivity contribution in [1.29, 1.82) is 0 Å². The van der Waals surface area contributed by atoms with Crippen LogP contribution in [0.4, 0.5) is 30.7 Å². The summed E-state index contributed by atoms with van der Waals surface area (Å²) in [6.45, 7) is 16.7. The Balaban J connectivity index is 0.00000119. The van der Waals surface area contributed by atoms with Gasteiger partial charge in [-0.25, -0.2) is 22.0 Å². The predicted octanol–water partition coefficient (Wildman–Crippen LogP) is 13.4. The minimum absolute atomic E-state index is 0.0102. The van der Waals surface area contributed by atoms with Gasteiger partial charge in [0.2, 0.25) is 17.2 Å². The number of nitrogens with zero attached hydrogens (tertiary/aromatic N) is 4. The highest BCUT2D eigenvalue weighted by Crippen LogP contribution is 2.58. The van der Waals surface area contributed by atoms with Crippen LogP contribution in [0.25, 0.3) is 11.1 Å². The van der Waals surface area contributed by atoms with Gasteiger partial charge < -0.3 is 28.4 Å². The summed E-state index contributed by atoms with van der Waals surface area (Å²) in [5.41, 5.74) is -2.06. The molecule has 0 saturated carbocycles. The fourth-order valence-corrected chi connectivity index (χ4v) is 10.1. The Hall–Kier alpha value is -4.19. The smallest absolute Gasteiger partial charge is 0.432 e. The van der Waals surface area contributed by atoms with Gasteiger partial charge in [0, 0.05) is 38.3 Å². The molecule has 3 aromatic rings. The lowest BCUT2D eigenvalue weighted by Gasteiger charge is -2.30. The standard InChI is InChI=1S/C50H67F7N4O6.C7H16/c1-2-27-62-47-45(63-28-23-58-15-7-3-8-16-58)42(36-32-38(51)43(39(52)33-36)50(56,57)67-37-34-40(53)44(55)41(54)35-37)46(64-29-24-59-17-9-4-10-18-59)48(65-30-25-60-19-11-5-12-20-60)49(47)66-31-26-61-21-13-6-14-22-61;1-3-5-7-6-4-2/h32-35H,2-31H2,1H3;3-7H2,1-2H3. The number of alkyl halides is 2. The topological polar surface area (TPSA) is 68.3 Å². The van der Waals surface area contributed by atoms with Crippen molar-refractivity contribution >= 4 is 0 Å². The summed E-state index contributed by atoms with van der Waals surface area (Å²) in [7, 11) is 0. The first-order chi connectivity index (χ1) is 35.9. The fourth-order valence-electron chi connectivity index (χ4n) is 10.1. The van der Waals surface area contributed by atoms with E-state index in [0.29, 0.717) is 44.7 Å². The molecule has 0 spiro atoms. The van der Waals surface area contributed by atoms with Crippen LogP contribution in [-0.2, 0) is 6.11 Å². The van der Waals surface area contributed by atoms with Crippen LogP contribution in [0.1, 0.15) is 142 Å². The molecule has 0 amide bonds. The third-order valence-electron chi connectivity index (χ3n) is 14.2. The second-order valence-corrected chi connectivity index (χ2v) is 20.1. The minimum Gasteiger partial charge on any atom is -0.487 e. The third-order valence-corrected chi connectivity index (χ3v) is 14.2. The van der Waals surface area contributed by atoms with Gasteiger partial charge in [0.15, 0.2) is 29.0 Å². The monoisotopic (exact) mass is 1050 g/mol. The Bertz CT molecular complexity index is 2080. The van der Waals surface area contributed by atoms with Crippen LogP contribution in [0, 0.1) is 29.1 Å². The fraction of sp³-hybridized carbons (Fsp3) is 0.684. The number of ether oxygens (including phenoxy) is 6. The Morgan fingerprint density at radius 3 is 1.09 bits per heavy atom. The lowest BCUT2D eigenvalue weighted by molar-refractivity contribution is -0.189. The molecule has 0 atom stereocenters. The van der Waals surface area contributed by atoms with E-state index in [9.17, 15) is 13.2 Å². The molecule has 0 radical (unpaired) electrons. The highest BCUT2D eigenvalue weighted by molar-refractivity contribution is 5.87. The maximum atomic E-state index is 16.5. The van der Waals surface area contributed by atoms with E-state index >= 15 is 17.6 Å². The molecule has 0 aliphatic carbocycles. The van der Waals surface area contributed by atoms with E-state index in [1.807, 2.05) is 6.92 Å². The normalized spacial score (nSPS) is 17.4. The molecule has 10 nitrogen and oxygen atoms in total. The number of rotatable bonds is 27. The summed E-state index contributed by atoms with van der Waals surface area (Å²) in [4.78, 5) is 9.20. The highest BCUT2D eigenvalue weighted by Gasteiger charge is 2.43. The van der Waals surface area contributed by atoms with E-state index in [1.165, 1.54) is 38.5 Å². The Kier molecular flexibility index (Phi) is 24.8. The minimum atomic E-state index is -4.81. The van der Waals surface area contributed by atoms with Crippen molar-refractivity contribution in [2.45, 2.75) is 142 Å². The van der Waals surface area contributed by atoms with E-state index in [2.05, 4.69) is 38.2 Å². The van der Waals surface area contributed by atoms with Crippen LogP contribution in [0.15, 0.2) is 24.3 Å². The average Bonchev–Trinajstić information content (AvgIpc) is 3.39. The van der Waals surface area contributed by atoms with Gasteiger partial charge in [-0.1, -0.05) is 78.6 Å². The van der Waals surface area contributed by atoms with Crippen molar-refractivity contribution in [2.24, 2.45) is 0 Å². The molecule has 4 aliphatic heterocycles. The Morgan fingerprint density at radius 2 is 0.743 bits per heavy atom. The summed E-state index contributed by atoms with van der Waals surface area (Å²) < 4.78 is 144. The first-order valence-corrected chi connectivity index (χ1v) is 27.9. The Labute approximate surface area is 436 Å². The van der Waals surface area contributed by atoms with E-state index in [-0.39, 0.29) is 85.0 Å². The third kappa shape index (κ3) is 17.7. The zero-order valence-electron chi connectivity index (χ0n) is 44.4. The SMILES string of the molecule is CCCCCCC.CCCOc1c(OCCN2CCCCC2)c(OCCN2CCCCC2)c(OCCN2CCCCC2)c(-c2cc(F)c(C(F)(F)Oc3cc(F)c(F)c(F)c3)c(F)c2)c1OCCN1CCCCC1. The number of likely N-dealkylation sites (tertiary alicyclic amines) is 4. The van der Waals surface area contributed by atoms with E-state index in [0.717, 1.165) is 123 Å². The van der Waals surface area contributed by atoms with Gasteiger partial charge in [0.05, 0.1) is 12.2 Å². The number of benzene rings is 3. The zero-order chi connectivity index (χ0) is 52.7. The molecule has 416 valence electrons. The van der Waals surface area contributed by atoms with Gasteiger partial charge in [0.25, 0.3) is 0 Å². The number of halogens is 7. The maximum absolute atomic E-state index is 16.5. The lowest BCUT2D eigenvalue weighted by Crippen LogP contribution is -2.34. The van der Waals surface area contributed by atoms with Gasteiger partial charge in [-0.15, -0.1) is 0 Å². The van der Waals surface area contributed by atoms with Crippen LogP contribution in [0.2, 0.25) is 0 Å². The van der Waals surface area contributed by atoms with Crippen molar-refractivity contribution in [3.8, 4) is 45.6 Å². The van der Waals surface area contributed by atoms with Gasteiger partial charge in [-0.3, -0.25) is 19.6 Å². The van der Waals surface area contributed by atoms with Crippen molar-refractivity contribution in [3.63, 3.8) is 0 Å². The average molecular weight is 1050 g/mol. The Morgan fingerprint density at radius 1 is 0.405 bits per heavy atom. The molecule has 0 N–H and O–H groups in total. The van der Waals surface area contributed by atoms with Crippen LogP contribution in [-0.4, -0.2) is 131 Å². The number of unbranched alkanes of at least 4 members (excludes halogenated alkanes) is 4. The molecule has 3 aromatic carbocycles. The summed E-state index contributed by atoms with van der Waals surface area (Å²) in [6.07, 6.45) is 15.8. The molecule has 4 saturated heterocycles. The van der Waals surface area contributed by atoms with E-state index in [4.69, 9.17) is 23.7 Å². The van der Waals surface area contributed by atoms with Crippen molar-refractivity contribution in [3.05, 3.63) is 58.9 Å². The first-order valence-electron chi connectivity index (χ1n) is 27.9. The van der Waals surface area contributed by atoms with Crippen LogP contribution in [0.3, 0.4) is 0 Å². The molecule has 4 heterocycles. The summed E-state index contributed by atoms with van der Waals surface area (Å²) in [5.74, 6) is -9.66. The number of piperidine rings is 4. The maximum Gasteiger partial charge on any atom is 0.432 e. The quantitative estimate of drug-likeness (QED) is 0.0419. The second kappa shape index (κ2) is 31.1. The molecule has 0 aromatic heterocycles. The predicted molar refractivity (Wildman–Crippen MR) is 276 cm³/mol. The number of hydrogen-bond donors (Lipinski definition) is 0. The first kappa shape index (κ1) is 59.1. The molecular weight excluding hydrogens is 970 g/mol. The lowest BCUT2D eigenvalue weighted by atomic mass is 9.98. The molecule has 0 bridgehead atoms. The van der Waals surface area contributed by atoms with Crippen molar-refractivity contribution in [1.82, 2.24) is 19.6 Å². The molecular formula is C57H83F7N4O6. The van der Waals surface area contributed by atoms with E-state index in [1.54, 1.807) is 0 Å². The summed E-state index contributed by atoms with van der Waals surface area (Å²) >= 11 is 0. The largest absolute Gasteiger partial charge is 0.487 e. The summed E-state index contributed by atoms with van der Waals surface area (Å²) in [6, 6.07) is 1.75. The van der Waals surface area contributed by atoms with Crippen LogP contribution < -0.4 is 28.4 Å². The van der Waals surface area contributed by atoms with Crippen LogP contribution >= 0.6 is 0 Å². The molecule has 0 unspecified atom stereocenters. The van der Waals surface area contributed by atoms with Crippen molar-refractivity contribution < 1.29 is 59.2 Å². The molecule has 74 heavy (non-hydrogen) atoms. The highest BCUT2D eigenvalue weighted by atomic mass is 19.3. The van der Waals surface area contributed by atoms with E-state index < -0.39 is 46.5 Å². The molecule has 17 heteroatoms. The van der Waals surface area contributed by atoms with Gasteiger partial charge in [0.1, 0.15) is 49.4 Å².